The number of hydrogen-bond acceptors (Lipinski definition) is 7. The van der Waals surface area contributed by atoms with Crippen LogP contribution in [0.4, 0.5) is 10.8 Å². The summed E-state index contributed by atoms with van der Waals surface area (Å²) in [6.07, 6.45) is 0. The van der Waals surface area contributed by atoms with E-state index in [2.05, 4.69) is 4.98 Å². The van der Waals surface area contributed by atoms with Crippen molar-refractivity contribution in [2.45, 2.75) is 27.4 Å². The summed E-state index contributed by atoms with van der Waals surface area (Å²) in [4.78, 5) is 56.1. The van der Waals surface area contributed by atoms with Gasteiger partial charge in [0.2, 0.25) is 5.91 Å². The molecule has 8 nitrogen and oxygen atoms in total. The van der Waals surface area contributed by atoms with E-state index in [1.165, 1.54) is 48.4 Å². The van der Waals surface area contributed by atoms with Crippen molar-refractivity contribution in [1.82, 2.24) is 9.88 Å². The molecule has 0 bridgehead atoms. The molecule has 3 amide bonds. The summed E-state index contributed by atoms with van der Waals surface area (Å²) in [5.41, 5.74) is 3.39. The maximum absolute atomic E-state index is 12.5. The number of aromatic nitrogens is 1. The number of benzene rings is 2. The van der Waals surface area contributed by atoms with Gasteiger partial charge < -0.3 is 4.74 Å². The summed E-state index contributed by atoms with van der Waals surface area (Å²) in [6.45, 7) is 5.08. The first-order valence-electron chi connectivity index (χ1n) is 10.2. The van der Waals surface area contributed by atoms with Crippen LogP contribution in [-0.2, 0) is 16.1 Å². The van der Waals surface area contributed by atoms with Crippen molar-refractivity contribution >= 4 is 57.4 Å². The summed E-state index contributed by atoms with van der Waals surface area (Å²) < 4.78 is 5.35. The van der Waals surface area contributed by atoms with Gasteiger partial charge in [0.25, 0.3) is 11.8 Å². The first-order chi connectivity index (χ1) is 16.1. The Labute approximate surface area is 204 Å². The molecule has 34 heavy (non-hydrogen) atoms. The van der Waals surface area contributed by atoms with Crippen molar-refractivity contribution in [3.8, 4) is 0 Å². The third-order valence-electron chi connectivity index (χ3n) is 5.34. The Kier molecular flexibility index (Phi) is 6.24. The van der Waals surface area contributed by atoms with Gasteiger partial charge in [0.05, 0.1) is 33.1 Å². The Hall–Kier alpha value is -3.56. The number of halogens is 1. The smallest absolute Gasteiger partial charge is 0.338 e. The number of carbonyl (C=O) groups is 4. The van der Waals surface area contributed by atoms with Crippen LogP contribution in [0.5, 0.6) is 0 Å². The zero-order valence-electron chi connectivity index (χ0n) is 18.8. The predicted octanol–water partition coefficient (Wildman–Crippen LogP) is 4.68. The quantitative estimate of drug-likeness (QED) is 0.375. The van der Waals surface area contributed by atoms with Crippen LogP contribution in [0.1, 0.15) is 54.8 Å². The van der Waals surface area contributed by atoms with Gasteiger partial charge in [0.15, 0.2) is 5.13 Å². The molecule has 0 aliphatic carbocycles. The van der Waals surface area contributed by atoms with Crippen molar-refractivity contribution in [2.75, 3.05) is 11.9 Å². The van der Waals surface area contributed by atoms with Crippen molar-refractivity contribution in [3.05, 3.63) is 74.2 Å². The molecule has 0 atom stereocenters. The second kappa shape index (κ2) is 9.00. The molecule has 0 N–H and O–H groups in total. The van der Waals surface area contributed by atoms with Crippen molar-refractivity contribution in [3.63, 3.8) is 0 Å². The van der Waals surface area contributed by atoms with E-state index in [4.69, 9.17) is 16.3 Å². The lowest BCUT2D eigenvalue weighted by Gasteiger charge is -2.22. The van der Waals surface area contributed by atoms with Gasteiger partial charge in [-0.2, -0.15) is 0 Å². The second-order valence-electron chi connectivity index (χ2n) is 7.89. The second-order valence-corrected chi connectivity index (χ2v) is 9.14. The molecule has 0 spiro atoms. The number of ether oxygens (including phenoxy) is 1. The van der Waals surface area contributed by atoms with E-state index in [0.29, 0.717) is 21.5 Å². The maximum Gasteiger partial charge on any atom is 0.338 e. The van der Waals surface area contributed by atoms with Crippen LogP contribution < -0.4 is 4.90 Å². The number of aryl methyl sites for hydroxylation is 2. The predicted molar refractivity (Wildman–Crippen MR) is 128 cm³/mol. The molecule has 2 aromatic carbocycles. The van der Waals surface area contributed by atoms with E-state index in [1.807, 2.05) is 19.9 Å². The number of esters is 1. The minimum atomic E-state index is -0.659. The van der Waals surface area contributed by atoms with Crippen LogP contribution in [0.3, 0.4) is 0 Å². The maximum atomic E-state index is 12.5. The first kappa shape index (κ1) is 23.6. The fraction of sp³-hybridized carbons (Fsp3) is 0.208. The number of fused-ring (bicyclic) bond motifs is 1. The molecule has 1 aromatic heterocycles. The van der Waals surface area contributed by atoms with E-state index in [1.54, 1.807) is 11.4 Å². The Morgan fingerprint density at radius 1 is 1.12 bits per heavy atom. The number of hydrogen-bond donors (Lipinski definition) is 0. The number of carbonyl (C=O) groups excluding carboxylic acids is 4. The molecule has 0 saturated heterocycles. The highest BCUT2D eigenvalue weighted by Gasteiger charge is 2.33. The van der Waals surface area contributed by atoms with Gasteiger partial charge >= 0.3 is 5.97 Å². The highest BCUT2D eigenvalue weighted by atomic mass is 35.5. The molecule has 3 aromatic rings. The van der Waals surface area contributed by atoms with Crippen LogP contribution >= 0.6 is 22.9 Å². The molecular weight excluding hydrogens is 478 g/mol. The van der Waals surface area contributed by atoms with Crippen molar-refractivity contribution < 1.29 is 23.9 Å². The van der Waals surface area contributed by atoms with Gasteiger partial charge in [-0.1, -0.05) is 17.7 Å². The van der Waals surface area contributed by atoms with Crippen LogP contribution in [0.2, 0.25) is 5.02 Å². The van der Waals surface area contributed by atoms with E-state index < -0.39 is 17.8 Å². The molecule has 1 aliphatic heterocycles. The minimum Gasteiger partial charge on any atom is -0.456 e. The Balaban J connectivity index is 1.51. The van der Waals surface area contributed by atoms with E-state index >= 15 is 0 Å². The minimum absolute atomic E-state index is 0.133. The molecule has 0 radical (unpaired) electrons. The Morgan fingerprint density at radius 2 is 1.82 bits per heavy atom. The van der Waals surface area contributed by atoms with Gasteiger partial charge in [-0.05, 0) is 49.2 Å². The third kappa shape index (κ3) is 4.20. The summed E-state index contributed by atoms with van der Waals surface area (Å²) in [5.74, 6) is -1.79. The monoisotopic (exact) mass is 497 g/mol. The van der Waals surface area contributed by atoms with Crippen LogP contribution in [0.15, 0.2) is 35.7 Å². The topological polar surface area (TPSA) is 96.9 Å². The number of anilines is 2. The fourth-order valence-electron chi connectivity index (χ4n) is 3.76. The molecule has 2 heterocycles. The average molecular weight is 498 g/mol. The van der Waals surface area contributed by atoms with Crippen LogP contribution in [-0.4, -0.2) is 40.6 Å². The third-order valence-corrected chi connectivity index (χ3v) is 6.51. The largest absolute Gasteiger partial charge is 0.456 e. The van der Waals surface area contributed by atoms with Gasteiger partial charge in [-0.25, -0.2) is 9.78 Å². The molecule has 0 unspecified atom stereocenters. The first-order valence-corrected chi connectivity index (χ1v) is 11.5. The van der Waals surface area contributed by atoms with Gasteiger partial charge in [-0.15, -0.1) is 11.3 Å². The lowest BCUT2D eigenvalue weighted by molar-refractivity contribution is -0.115. The van der Waals surface area contributed by atoms with Crippen molar-refractivity contribution in [1.29, 1.82) is 0 Å². The standard InChI is InChI=1S/C24H20ClN3O5S/c1-12-7-13(2)20(19(25)8-12)28(14(3)29)24-26-16(11-34-24)10-33-23(32)15-5-6-17-18(9-15)22(31)27(4)21(17)30/h5-9,11H,10H2,1-4H3. The highest BCUT2D eigenvalue weighted by Crippen LogP contribution is 2.37. The summed E-state index contributed by atoms with van der Waals surface area (Å²) in [5, 5.41) is 2.53. The van der Waals surface area contributed by atoms with Crippen LogP contribution in [0.25, 0.3) is 0 Å². The Bertz CT molecular complexity index is 1340. The summed E-state index contributed by atoms with van der Waals surface area (Å²) in [7, 11) is 1.39. The highest BCUT2D eigenvalue weighted by molar-refractivity contribution is 7.14. The van der Waals surface area contributed by atoms with Gasteiger partial charge in [0.1, 0.15) is 6.61 Å². The molecule has 0 saturated carbocycles. The van der Waals surface area contributed by atoms with E-state index in [9.17, 15) is 19.2 Å². The molecular formula is C24H20ClN3O5S. The molecule has 4 rings (SSSR count). The average Bonchev–Trinajstić information content (AvgIpc) is 3.33. The zero-order valence-corrected chi connectivity index (χ0v) is 20.4. The van der Waals surface area contributed by atoms with Gasteiger partial charge in [0, 0.05) is 19.4 Å². The Morgan fingerprint density at radius 3 is 2.50 bits per heavy atom. The number of imide groups is 1. The van der Waals surface area contributed by atoms with Gasteiger partial charge in [-0.3, -0.25) is 24.2 Å². The normalized spacial score (nSPS) is 12.7. The molecule has 1 aliphatic rings. The number of amides is 3. The van der Waals surface area contributed by atoms with E-state index in [-0.39, 0.29) is 29.2 Å². The summed E-state index contributed by atoms with van der Waals surface area (Å²) >= 11 is 7.66. The molecule has 0 fully saturated rings. The zero-order chi connectivity index (χ0) is 24.7. The number of thiazole rings is 1. The van der Waals surface area contributed by atoms with E-state index in [0.717, 1.165) is 16.0 Å². The summed E-state index contributed by atoms with van der Waals surface area (Å²) in [6, 6.07) is 7.95. The molecule has 10 heteroatoms. The lowest BCUT2D eigenvalue weighted by atomic mass is 10.1. The van der Waals surface area contributed by atoms with Crippen molar-refractivity contribution in [2.24, 2.45) is 0 Å². The SMILES string of the molecule is CC(=O)N(c1nc(COC(=O)c2ccc3c(c2)C(=O)N(C)C3=O)cs1)c1c(C)cc(C)cc1Cl. The lowest BCUT2D eigenvalue weighted by Crippen LogP contribution is -2.24. The number of nitrogens with zero attached hydrogens (tertiary/aromatic N) is 3. The van der Waals surface area contributed by atoms with Crippen LogP contribution in [0, 0.1) is 13.8 Å². The molecule has 174 valence electrons. The fourth-order valence-corrected chi connectivity index (χ4v) is 5.02. The number of rotatable bonds is 5.